The van der Waals surface area contributed by atoms with E-state index >= 15 is 0 Å². The quantitative estimate of drug-likeness (QED) is 0.428. The second kappa shape index (κ2) is 17.9. The summed E-state index contributed by atoms with van der Waals surface area (Å²) in [7, 11) is 0. The van der Waals surface area contributed by atoms with Crippen molar-refractivity contribution < 1.29 is 0 Å². The van der Waals surface area contributed by atoms with Crippen LogP contribution in [0.2, 0.25) is 0 Å². The minimum atomic E-state index is 0.833. The van der Waals surface area contributed by atoms with Crippen LogP contribution in [-0.2, 0) is 6.42 Å². The second-order valence-electron chi connectivity index (χ2n) is 8.17. The molecule has 0 unspecified atom stereocenters. The Bertz CT molecular complexity index is 888. The van der Waals surface area contributed by atoms with Crippen molar-refractivity contribution in [3.63, 3.8) is 0 Å². The lowest BCUT2D eigenvalue weighted by Crippen LogP contribution is -1.89. The minimum absolute atomic E-state index is 0.833. The van der Waals surface area contributed by atoms with E-state index in [0.717, 1.165) is 11.3 Å². The van der Waals surface area contributed by atoms with Crippen molar-refractivity contribution in [2.75, 3.05) is 0 Å². The molecule has 2 rings (SSSR count). The molecular weight excluding hydrogens is 388 g/mol. The van der Waals surface area contributed by atoms with Gasteiger partial charge in [0, 0.05) is 5.70 Å². The lowest BCUT2D eigenvalue weighted by Gasteiger charge is -2.06. The van der Waals surface area contributed by atoms with Crippen molar-refractivity contribution >= 4 is 16.3 Å². The summed E-state index contributed by atoms with van der Waals surface area (Å²) in [5.41, 5.74) is 16.5. The van der Waals surface area contributed by atoms with Gasteiger partial charge in [0.05, 0.1) is 0 Å². The van der Waals surface area contributed by atoms with E-state index in [-0.39, 0.29) is 0 Å². The molecule has 0 radical (unpaired) electrons. The maximum atomic E-state index is 5.72. The fourth-order valence-electron chi connectivity index (χ4n) is 2.84. The molecule has 0 saturated heterocycles. The lowest BCUT2D eigenvalue weighted by molar-refractivity contribution is 0.796. The zero-order chi connectivity index (χ0) is 24.4. The molecule has 4 N–H and O–H groups in total. The van der Waals surface area contributed by atoms with Gasteiger partial charge in [-0.3, -0.25) is 0 Å². The lowest BCUT2D eigenvalue weighted by atomic mass is 9.99. The first-order chi connectivity index (χ1) is 15.3. The summed E-state index contributed by atoms with van der Waals surface area (Å²) in [4.78, 5) is 0. The van der Waals surface area contributed by atoms with E-state index in [1.165, 1.54) is 65.8 Å². The highest BCUT2D eigenvalue weighted by Gasteiger charge is 2.00. The molecule has 32 heavy (non-hydrogen) atoms. The van der Waals surface area contributed by atoms with Crippen molar-refractivity contribution in [3.8, 4) is 0 Å². The SMILES string of the molecule is C/C=C/N.CCCC.CCCCc1ccc2cc(/C(C)=C/C=C(C)/C=C(/C)N)ccc2c1. The average Bonchev–Trinajstić information content (AvgIpc) is 2.80. The Hall–Kier alpha value is -2.74. The van der Waals surface area contributed by atoms with E-state index in [0.29, 0.717) is 0 Å². The van der Waals surface area contributed by atoms with E-state index in [1.54, 1.807) is 6.08 Å². The van der Waals surface area contributed by atoms with Crippen LogP contribution < -0.4 is 11.5 Å². The molecule has 0 aliphatic heterocycles. The molecule has 0 aromatic heterocycles. The topological polar surface area (TPSA) is 52.0 Å². The van der Waals surface area contributed by atoms with Crippen LogP contribution in [0.1, 0.15) is 85.3 Å². The van der Waals surface area contributed by atoms with E-state index in [9.17, 15) is 0 Å². The molecule has 2 heteroatoms. The number of aryl methyl sites for hydroxylation is 1. The molecule has 0 saturated carbocycles. The van der Waals surface area contributed by atoms with Crippen LogP contribution in [0.15, 0.2) is 78.2 Å². The molecular formula is C30H46N2. The third kappa shape index (κ3) is 12.8. The molecule has 0 heterocycles. The Labute approximate surface area is 197 Å². The van der Waals surface area contributed by atoms with Gasteiger partial charge >= 0.3 is 0 Å². The zero-order valence-corrected chi connectivity index (χ0v) is 21.5. The van der Waals surface area contributed by atoms with Crippen LogP contribution in [0.3, 0.4) is 0 Å². The summed E-state index contributed by atoms with van der Waals surface area (Å²) >= 11 is 0. The summed E-state index contributed by atoms with van der Waals surface area (Å²) in [6.07, 6.45) is 15.9. The first-order valence-corrected chi connectivity index (χ1v) is 12.0. The molecule has 176 valence electrons. The van der Waals surface area contributed by atoms with Gasteiger partial charge in [-0.05, 0) is 91.9 Å². The van der Waals surface area contributed by atoms with Crippen LogP contribution in [0, 0.1) is 0 Å². The van der Waals surface area contributed by atoms with Crippen molar-refractivity contribution in [2.24, 2.45) is 11.5 Å². The van der Waals surface area contributed by atoms with E-state index in [4.69, 9.17) is 11.5 Å². The smallest absolute Gasteiger partial charge is 0.00515 e. The van der Waals surface area contributed by atoms with Gasteiger partial charge in [-0.15, -0.1) is 0 Å². The summed E-state index contributed by atoms with van der Waals surface area (Å²) < 4.78 is 0. The predicted molar refractivity (Wildman–Crippen MR) is 147 cm³/mol. The number of nitrogens with two attached hydrogens (primary N) is 2. The number of benzene rings is 2. The third-order valence-corrected chi connectivity index (χ3v) is 4.92. The van der Waals surface area contributed by atoms with Gasteiger partial charge in [0.15, 0.2) is 0 Å². The fourth-order valence-corrected chi connectivity index (χ4v) is 2.84. The number of fused-ring (bicyclic) bond motifs is 1. The Morgan fingerprint density at radius 3 is 1.97 bits per heavy atom. The van der Waals surface area contributed by atoms with Crippen LogP contribution in [-0.4, -0.2) is 0 Å². The van der Waals surface area contributed by atoms with E-state index < -0.39 is 0 Å². The fraction of sp³-hybridized carbons (Fsp3) is 0.400. The first-order valence-electron chi connectivity index (χ1n) is 12.0. The average molecular weight is 435 g/mol. The van der Waals surface area contributed by atoms with Crippen molar-refractivity contribution in [3.05, 3.63) is 89.3 Å². The van der Waals surface area contributed by atoms with Crippen molar-refractivity contribution in [1.82, 2.24) is 0 Å². The van der Waals surface area contributed by atoms with Crippen LogP contribution in [0.4, 0.5) is 0 Å². The molecule has 0 spiro atoms. The minimum Gasteiger partial charge on any atom is -0.405 e. The van der Waals surface area contributed by atoms with Crippen LogP contribution >= 0.6 is 0 Å². The normalized spacial score (nSPS) is 12.3. The molecule has 2 aromatic carbocycles. The molecule has 2 aromatic rings. The highest BCUT2D eigenvalue weighted by atomic mass is 14.5. The summed E-state index contributed by atoms with van der Waals surface area (Å²) in [5.74, 6) is 0. The highest BCUT2D eigenvalue weighted by molar-refractivity contribution is 5.86. The number of unbranched alkanes of at least 4 members (excludes halogenated alkanes) is 2. The largest absolute Gasteiger partial charge is 0.405 e. The van der Waals surface area contributed by atoms with Gasteiger partial charge in [0.1, 0.15) is 0 Å². The molecule has 0 atom stereocenters. The van der Waals surface area contributed by atoms with Crippen LogP contribution in [0.5, 0.6) is 0 Å². The van der Waals surface area contributed by atoms with Gasteiger partial charge in [-0.25, -0.2) is 0 Å². The zero-order valence-electron chi connectivity index (χ0n) is 21.5. The number of allylic oxidation sites excluding steroid dienone is 7. The Morgan fingerprint density at radius 2 is 1.44 bits per heavy atom. The number of hydrogen-bond donors (Lipinski definition) is 2. The molecule has 0 aliphatic carbocycles. The van der Waals surface area contributed by atoms with Crippen molar-refractivity contribution in [1.29, 1.82) is 0 Å². The molecule has 0 amide bonds. The maximum absolute atomic E-state index is 5.72. The number of rotatable bonds is 7. The Kier molecular flexibility index (Phi) is 16.4. The summed E-state index contributed by atoms with van der Waals surface area (Å²) in [5, 5.41) is 2.63. The van der Waals surface area contributed by atoms with Gasteiger partial charge in [0.25, 0.3) is 0 Å². The standard InChI is InChI=1S/C23H29N.C4H10.C3H7N/c1-5-6-7-20-10-11-23-16-21(12-13-22(23)15-20)18(3)9-8-17(2)14-19(4)24;1-3-4-2;1-2-3-4/h8-16H,5-7,24H2,1-4H3;3-4H2,1-2H3;2-3H,4H2,1H3/b17-8+,18-9+,19-14-;;3-2+. The van der Waals surface area contributed by atoms with Gasteiger partial charge in [-0.2, -0.15) is 0 Å². The first kappa shape index (κ1) is 29.3. The summed E-state index contributed by atoms with van der Waals surface area (Å²) in [6.45, 7) is 14.6. The Morgan fingerprint density at radius 1 is 0.844 bits per heavy atom. The van der Waals surface area contributed by atoms with Crippen LogP contribution in [0.25, 0.3) is 16.3 Å². The maximum Gasteiger partial charge on any atom is 0.00515 e. The monoisotopic (exact) mass is 434 g/mol. The Balaban J connectivity index is 0.00000104. The van der Waals surface area contributed by atoms with Gasteiger partial charge < -0.3 is 11.5 Å². The van der Waals surface area contributed by atoms with Gasteiger partial charge in [-0.1, -0.05) is 88.6 Å². The third-order valence-electron chi connectivity index (χ3n) is 4.92. The van der Waals surface area contributed by atoms with Gasteiger partial charge in [0.2, 0.25) is 0 Å². The number of hydrogen-bond acceptors (Lipinski definition) is 2. The van der Waals surface area contributed by atoms with E-state index in [2.05, 4.69) is 83.2 Å². The molecule has 2 nitrogen and oxygen atoms in total. The van der Waals surface area contributed by atoms with Crippen molar-refractivity contribution in [2.45, 2.75) is 80.6 Å². The summed E-state index contributed by atoms with van der Waals surface area (Å²) in [6, 6.07) is 13.6. The molecule has 0 fully saturated rings. The highest BCUT2D eigenvalue weighted by Crippen LogP contribution is 2.23. The molecule has 0 bridgehead atoms. The second-order valence-corrected chi connectivity index (χ2v) is 8.17. The van der Waals surface area contributed by atoms with E-state index in [1.807, 2.05) is 19.9 Å². The predicted octanol–water partition coefficient (Wildman–Crippen LogP) is 8.68. The molecule has 0 aliphatic rings.